The molecule has 0 spiro atoms. The van der Waals surface area contributed by atoms with Crippen LogP contribution in [0, 0.1) is 10.1 Å². The molecule has 3 N–H and O–H groups in total. The number of hydrogen-bond acceptors (Lipinski definition) is 7. The first kappa shape index (κ1) is 13.4. The van der Waals surface area contributed by atoms with E-state index in [1.165, 1.54) is 11.3 Å². The van der Waals surface area contributed by atoms with Crippen molar-refractivity contribution in [1.29, 1.82) is 0 Å². The number of carbonyl (C=O) groups is 1. The number of nitrogen functional groups attached to an aromatic ring is 1. The Morgan fingerprint density at radius 1 is 1.52 bits per heavy atom. The second-order valence-corrected chi connectivity index (χ2v) is 5.55. The molecule has 108 valence electrons. The molecule has 0 bridgehead atoms. The van der Waals surface area contributed by atoms with Crippen molar-refractivity contribution in [3.05, 3.63) is 39.0 Å². The summed E-state index contributed by atoms with van der Waals surface area (Å²) in [5.41, 5.74) is 6.25. The van der Waals surface area contributed by atoms with Crippen molar-refractivity contribution in [2.24, 2.45) is 0 Å². The number of nitrogens with one attached hydrogen (secondary N) is 1. The third kappa shape index (κ3) is 2.82. The van der Waals surface area contributed by atoms with Crippen LogP contribution in [0.25, 0.3) is 0 Å². The van der Waals surface area contributed by atoms with Gasteiger partial charge in [-0.2, -0.15) is 0 Å². The van der Waals surface area contributed by atoms with Gasteiger partial charge in [-0.25, -0.2) is 9.97 Å². The Bertz CT molecular complexity index is 725. The standard InChI is InChI=1S/C12H11N5O3S/c13-10-8(3-7(4-14-10)17(19)20)11(18)16-12-15-9(5-21-12)6-1-2-6/h3-6H,1-2H2,(H2,13,14)(H,15,16,18). The number of amides is 1. The third-order valence-corrected chi connectivity index (χ3v) is 3.87. The van der Waals surface area contributed by atoms with Crippen LogP contribution < -0.4 is 11.1 Å². The first-order valence-electron chi connectivity index (χ1n) is 6.21. The molecule has 2 heterocycles. The summed E-state index contributed by atoms with van der Waals surface area (Å²) < 4.78 is 0. The van der Waals surface area contributed by atoms with Crippen LogP contribution in [-0.2, 0) is 0 Å². The van der Waals surface area contributed by atoms with E-state index in [0.29, 0.717) is 11.0 Å². The summed E-state index contributed by atoms with van der Waals surface area (Å²) in [4.78, 5) is 30.2. The Hall–Kier alpha value is -2.55. The van der Waals surface area contributed by atoms with E-state index >= 15 is 0 Å². The lowest BCUT2D eigenvalue weighted by molar-refractivity contribution is -0.385. The highest BCUT2D eigenvalue weighted by Gasteiger charge is 2.26. The van der Waals surface area contributed by atoms with Gasteiger partial charge < -0.3 is 5.73 Å². The van der Waals surface area contributed by atoms with Crippen LogP contribution in [0.3, 0.4) is 0 Å². The van der Waals surface area contributed by atoms with Gasteiger partial charge in [0.15, 0.2) is 5.13 Å². The largest absolute Gasteiger partial charge is 0.383 e. The summed E-state index contributed by atoms with van der Waals surface area (Å²) in [6, 6.07) is 1.10. The van der Waals surface area contributed by atoms with E-state index in [4.69, 9.17) is 5.73 Å². The van der Waals surface area contributed by atoms with E-state index in [2.05, 4.69) is 15.3 Å². The highest BCUT2D eigenvalue weighted by molar-refractivity contribution is 7.14. The number of nitrogens with zero attached hydrogens (tertiary/aromatic N) is 3. The van der Waals surface area contributed by atoms with Gasteiger partial charge in [-0.05, 0) is 12.8 Å². The molecular formula is C12H11N5O3S. The molecule has 0 radical (unpaired) electrons. The number of rotatable bonds is 4. The molecule has 21 heavy (non-hydrogen) atoms. The fourth-order valence-corrected chi connectivity index (χ4v) is 2.61. The van der Waals surface area contributed by atoms with Gasteiger partial charge in [0.05, 0.1) is 16.2 Å². The Morgan fingerprint density at radius 3 is 2.95 bits per heavy atom. The molecule has 0 unspecified atom stereocenters. The third-order valence-electron chi connectivity index (χ3n) is 3.10. The highest BCUT2D eigenvalue weighted by Crippen LogP contribution is 2.40. The van der Waals surface area contributed by atoms with E-state index in [9.17, 15) is 14.9 Å². The van der Waals surface area contributed by atoms with Crippen molar-refractivity contribution in [3.8, 4) is 0 Å². The molecule has 1 saturated carbocycles. The normalized spacial score (nSPS) is 13.9. The second kappa shape index (κ2) is 5.09. The zero-order valence-electron chi connectivity index (χ0n) is 10.8. The van der Waals surface area contributed by atoms with Crippen LogP contribution in [0.4, 0.5) is 16.6 Å². The quantitative estimate of drug-likeness (QED) is 0.658. The van der Waals surface area contributed by atoms with Crippen molar-refractivity contribution in [2.75, 3.05) is 11.1 Å². The lowest BCUT2D eigenvalue weighted by Gasteiger charge is -2.04. The van der Waals surface area contributed by atoms with Crippen LogP contribution >= 0.6 is 11.3 Å². The SMILES string of the molecule is Nc1ncc([N+](=O)[O-])cc1C(=O)Nc1nc(C2CC2)cs1. The Morgan fingerprint density at radius 2 is 2.29 bits per heavy atom. The average Bonchev–Trinajstić information content (AvgIpc) is 3.20. The van der Waals surface area contributed by atoms with E-state index in [1.54, 1.807) is 0 Å². The van der Waals surface area contributed by atoms with Gasteiger partial charge in [-0.3, -0.25) is 20.2 Å². The summed E-state index contributed by atoms with van der Waals surface area (Å²) >= 11 is 1.32. The number of thiazole rings is 1. The van der Waals surface area contributed by atoms with Gasteiger partial charge in [0.25, 0.3) is 11.6 Å². The van der Waals surface area contributed by atoms with Crippen molar-refractivity contribution in [3.63, 3.8) is 0 Å². The van der Waals surface area contributed by atoms with Gasteiger partial charge in [0.1, 0.15) is 12.0 Å². The zero-order valence-corrected chi connectivity index (χ0v) is 11.6. The van der Waals surface area contributed by atoms with Crippen LogP contribution in [0.2, 0.25) is 0 Å². The van der Waals surface area contributed by atoms with Gasteiger partial charge in [0.2, 0.25) is 0 Å². The smallest absolute Gasteiger partial charge is 0.288 e. The van der Waals surface area contributed by atoms with Gasteiger partial charge in [0, 0.05) is 17.4 Å². The number of nitro groups is 1. The Balaban J connectivity index is 1.80. The summed E-state index contributed by atoms with van der Waals surface area (Å²) in [5.74, 6) is -0.117. The molecule has 1 aliphatic rings. The minimum absolute atomic E-state index is 0.0348. The van der Waals surface area contributed by atoms with Crippen molar-refractivity contribution >= 4 is 33.9 Å². The van der Waals surface area contributed by atoms with Gasteiger partial charge in [-0.15, -0.1) is 11.3 Å². The van der Waals surface area contributed by atoms with E-state index < -0.39 is 10.8 Å². The minimum Gasteiger partial charge on any atom is -0.383 e. The maximum atomic E-state index is 12.1. The molecule has 0 aliphatic heterocycles. The van der Waals surface area contributed by atoms with Gasteiger partial charge in [-0.1, -0.05) is 0 Å². The number of carbonyl (C=O) groups excluding carboxylic acids is 1. The number of hydrogen-bond donors (Lipinski definition) is 2. The van der Waals surface area contributed by atoms with Crippen LogP contribution in [-0.4, -0.2) is 20.8 Å². The predicted octanol–water partition coefficient (Wildman–Crippen LogP) is 2.16. The second-order valence-electron chi connectivity index (χ2n) is 4.69. The fourth-order valence-electron chi connectivity index (χ4n) is 1.82. The molecule has 3 rings (SSSR count). The fraction of sp³-hybridized carbons (Fsp3) is 0.250. The molecule has 2 aromatic rings. The predicted molar refractivity (Wildman–Crippen MR) is 77.3 cm³/mol. The van der Waals surface area contributed by atoms with Gasteiger partial charge >= 0.3 is 0 Å². The summed E-state index contributed by atoms with van der Waals surface area (Å²) in [7, 11) is 0. The molecule has 0 aromatic carbocycles. The van der Waals surface area contributed by atoms with E-state index in [-0.39, 0.29) is 17.1 Å². The molecule has 2 aromatic heterocycles. The molecule has 1 aliphatic carbocycles. The minimum atomic E-state index is -0.627. The molecule has 0 atom stereocenters. The van der Waals surface area contributed by atoms with E-state index in [1.807, 2.05) is 5.38 Å². The summed E-state index contributed by atoms with van der Waals surface area (Å²) in [5, 5.41) is 15.7. The monoisotopic (exact) mass is 305 g/mol. The first-order chi connectivity index (χ1) is 10.0. The maximum absolute atomic E-state index is 12.1. The molecule has 0 saturated heterocycles. The lowest BCUT2D eigenvalue weighted by atomic mass is 10.2. The van der Waals surface area contributed by atoms with Crippen molar-refractivity contribution in [1.82, 2.24) is 9.97 Å². The number of nitrogens with two attached hydrogens (primary N) is 1. The molecular weight excluding hydrogens is 294 g/mol. The topological polar surface area (TPSA) is 124 Å². The molecule has 1 amide bonds. The first-order valence-corrected chi connectivity index (χ1v) is 7.09. The van der Waals surface area contributed by atoms with Crippen LogP contribution in [0.5, 0.6) is 0 Å². The molecule has 8 nitrogen and oxygen atoms in total. The maximum Gasteiger partial charge on any atom is 0.288 e. The molecule has 9 heteroatoms. The number of anilines is 2. The molecule has 1 fully saturated rings. The van der Waals surface area contributed by atoms with Crippen LogP contribution in [0.1, 0.15) is 34.8 Å². The lowest BCUT2D eigenvalue weighted by Crippen LogP contribution is -2.15. The van der Waals surface area contributed by atoms with Crippen molar-refractivity contribution < 1.29 is 9.72 Å². The summed E-state index contributed by atoms with van der Waals surface area (Å²) in [6.07, 6.45) is 3.26. The Kier molecular flexibility index (Phi) is 3.26. The number of aromatic nitrogens is 2. The Labute approximate surface area is 123 Å². The van der Waals surface area contributed by atoms with E-state index in [0.717, 1.165) is 30.8 Å². The highest BCUT2D eigenvalue weighted by atomic mass is 32.1. The zero-order chi connectivity index (χ0) is 15.0. The van der Waals surface area contributed by atoms with Crippen LogP contribution in [0.15, 0.2) is 17.6 Å². The average molecular weight is 305 g/mol. The van der Waals surface area contributed by atoms with Crippen molar-refractivity contribution in [2.45, 2.75) is 18.8 Å². The number of pyridine rings is 1. The summed E-state index contributed by atoms with van der Waals surface area (Å²) in [6.45, 7) is 0.